The molecule has 1 aromatic carbocycles. The maximum Gasteiger partial charge on any atom is 0.471 e. The zero-order chi connectivity index (χ0) is 26.8. The average molecular weight is 518 g/mol. The minimum absolute atomic E-state index is 0.0298. The summed E-state index contributed by atoms with van der Waals surface area (Å²) in [5.41, 5.74) is 1.52. The van der Waals surface area contributed by atoms with Gasteiger partial charge in [0.15, 0.2) is 0 Å². The average Bonchev–Trinajstić information content (AvgIpc) is 3.13. The van der Waals surface area contributed by atoms with E-state index in [0.717, 1.165) is 22.4 Å². The van der Waals surface area contributed by atoms with E-state index in [9.17, 15) is 27.6 Å². The number of carbonyl (C=O) groups is 2. The minimum atomic E-state index is -4.92. The SMILES string of the molecule is CCCC1(c2c[nH]c(=O)n2-c2ccc3c(c2)CCN(C(=O)C(F)(F)F)CC3)C=CC=CC1C(=O)OCC. The Kier molecular flexibility index (Phi) is 7.47. The number of halogens is 3. The van der Waals surface area contributed by atoms with Crippen molar-refractivity contribution < 1.29 is 27.5 Å². The molecule has 37 heavy (non-hydrogen) atoms. The number of amides is 1. The Labute approximate surface area is 212 Å². The van der Waals surface area contributed by atoms with Gasteiger partial charge >= 0.3 is 23.7 Å². The van der Waals surface area contributed by atoms with Crippen LogP contribution in [0.4, 0.5) is 13.2 Å². The first-order valence-corrected chi connectivity index (χ1v) is 12.4. The summed E-state index contributed by atoms with van der Waals surface area (Å²) in [4.78, 5) is 41.4. The molecule has 2 unspecified atom stereocenters. The second-order valence-electron chi connectivity index (χ2n) is 9.32. The van der Waals surface area contributed by atoms with Crippen molar-refractivity contribution in [1.82, 2.24) is 14.5 Å². The Morgan fingerprint density at radius 3 is 2.54 bits per heavy atom. The number of benzene rings is 1. The number of fused-ring (bicyclic) bond motifs is 1. The van der Waals surface area contributed by atoms with Gasteiger partial charge in [-0.2, -0.15) is 13.2 Å². The summed E-state index contributed by atoms with van der Waals surface area (Å²) in [7, 11) is 0. The van der Waals surface area contributed by atoms with E-state index in [1.807, 2.05) is 19.1 Å². The van der Waals surface area contributed by atoms with E-state index in [2.05, 4.69) is 4.98 Å². The van der Waals surface area contributed by atoms with E-state index >= 15 is 0 Å². The number of alkyl halides is 3. The standard InChI is InChI=1S/C27H30F3N3O4/c1-3-12-26(13-6-5-7-21(26)23(34)37-4-2)22-17-31-25(36)33(22)20-9-8-18-10-14-32(15-11-19(18)16-20)24(35)27(28,29)30/h5-9,13,16-17,21H,3-4,10-12,14-15H2,1-2H3,(H,31,36). The molecular formula is C27H30F3N3O4. The Morgan fingerprint density at radius 1 is 1.14 bits per heavy atom. The second kappa shape index (κ2) is 10.4. The van der Waals surface area contributed by atoms with Gasteiger partial charge < -0.3 is 14.6 Å². The van der Waals surface area contributed by atoms with Crippen LogP contribution in [0.3, 0.4) is 0 Å². The third-order valence-corrected chi connectivity index (χ3v) is 7.10. The first kappa shape index (κ1) is 26.5. The molecule has 0 spiro atoms. The normalized spacial score (nSPS) is 21.4. The van der Waals surface area contributed by atoms with E-state index in [1.165, 1.54) is 4.57 Å². The first-order valence-electron chi connectivity index (χ1n) is 12.4. The largest absolute Gasteiger partial charge is 0.471 e. The molecule has 7 nitrogen and oxygen atoms in total. The van der Waals surface area contributed by atoms with E-state index in [4.69, 9.17) is 4.74 Å². The number of esters is 1. The van der Waals surface area contributed by atoms with Crippen molar-refractivity contribution in [3.05, 3.63) is 76.0 Å². The van der Waals surface area contributed by atoms with Crippen LogP contribution in [0.2, 0.25) is 0 Å². The smallest absolute Gasteiger partial charge is 0.466 e. The summed E-state index contributed by atoms with van der Waals surface area (Å²) in [5, 5.41) is 0. The molecule has 4 rings (SSSR count). The van der Waals surface area contributed by atoms with Crippen molar-refractivity contribution in [2.75, 3.05) is 19.7 Å². The number of aromatic amines is 1. The zero-order valence-corrected chi connectivity index (χ0v) is 20.8. The molecular weight excluding hydrogens is 487 g/mol. The molecule has 2 aromatic rings. The monoisotopic (exact) mass is 517 g/mol. The maximum atomic E-state index is 13.1. The lowest BCUT2D eigenvalue weighted by atomic mass is 9.67. The van der Waals surface area contributed by atoms with Gasteiger partial charge in [-0.1, -0.05) is 43.7 Å². The topological polar surface area (TPSA) is 84.4 Å². The van der Waals surface area contributed by atoms with Crippen LogP contribution in [0, 0.1) is 5.92 Å². The van der Waals surface area contributed by atoms with Crippen molar-refractivity contribution in [1.29, 1.82) is 0 Å². The fourth-order valence-electron chi connectivity index (χ4n) is 5.42. The Hall–Kier alpha value is -3.56. The molecule has 1 amide bonds. The number of allylic oxidation sites excluding steroid dienone is 3. The molecule has 1 aliphatic carbocycles. The Morgan fingerprint density at radius 2 is 1.86 bits per heavy atom. The molecule has 0 saturated carbocycles. The number of aromatic nitrogens is 2. The number of nitrogens with zero attached hydrogens (tertiary/aromatic N) is 2. The third-order valence-electron chi connectivity index (χ3n) is 7.10. The fourth-order valence-corrected chi connectivity index (χ4v) is 5.42. The highest BCUT2D eigenvalue weighted by Crippen LogP contribution is 2.42. The van der Waals surface area contributed by atoms with Gasteiger partial charge in [-0.3, -0.25) is 14.2 Å². The van der Waals surface area contributed by atoms with Crippen molar-refractivity contribution in [3.63, 3.8) is 0 Å². The van der Waals surface area contributed by atoms with Gasteiger partial charge in [-0.05, 0) is 49.4 Å². The summed E-state index contributed by atoms with van der Waals surface area (Å²) in [6, 6.07) is 5.33. The zero-order valence-electron chi connectivity index (χ0n) is 20.8. The molecule has 0 radical (unpaired) electrons. The van der Waals surface area contributed by atoms with Gasteiger partial charge in [0.2, 0.25) is 0 Å². The molecule has 1 N–H and O–H groups in total. The maximum absolute atomic E-state index is 13.1. The van der Waals surface area contributed by atoms with Gasteiger partial charge in [0, 0.05) is 24.7 Å². The number of H-pyrrole nitrogens is 1. The van der Waals surface area contributed by atoms with Gasteiger partial charge in [-0.25, -0.2) is 4.79 Å². The lowest BCUT2D eigenvalue weighted by molar-refractivity contribution is -0.185. The number of carbonyl (C=O) groups excluding carboxylic acids is 2. The minimum Gasteiger partial charge on any atom is -0.466 e. The lowest BCUT2D eigenvalue weighted by Gasteiger charge is -2.37. The summed E-state index contributed by atoms with van der Waals surface area (Å²) >= 11 is 0. The van der Waals surface area contributed by atoms with Crippen LogP contribution < -0.4 is 5.69 Å². The highest BCUT2D eigenvalue weighted by Gasteiger charge is 2.45. The van der Waals surface area contributed by atoms with E-state index < -0.39 is 29.1 Å². The number of nitrogens with one attached hydrogen (secondary N) is 1. The van der Waals surface area contributed by atoms with Crippen LogP contribution >= 0.6 is 0 Å². The lowest BCUT2D eigenvalue weighted by Crippen LogP contribution is -2.42. The number of hydrogen-bond acceptors (Lipinski definition) is 4. The Bertz CT molecular complexity index is 1290. The van der Waals surface area contributed by atoms with Gasteiger partial charge in [0.1, 0.15) is 0 Å². The molecule has 0 bridgehead atoms. The predicted octanol–water partition coefficient (Wildman–Crippen LogP) is 4.00. The molecule has 2 aliphatic rings. The molecule has 198 valence electrons. The van der Waals surface area contributed by atoms with Gasteiger partial charge in [0.25, 0.3) is 0 Å². The van der Waals surface area contributed by atoms with Crippen molar-refractivity contribution >= 4 is 11.9 Å². The van der Waals surface area contributed by atoms with Crippen LogP contribution in [-0.4, -0.2) is 52.2 Å². The second-order valence-corrected chi connectivity index (χ2v) is 9.32. The molecule has 1 aliphatic heterocycles. The number of ether oxygens (including phenoxy) is 1. The van der Waals surface area contributed by atoms with Crippen LogP contribution in [0.5, 0.6) is 0 Å². The Balaban J connectivity index is 1.75. The van der Waals surface area contributed by atoms with Crippen molar-refractivity contribution in [2.24, 2.45) is 5.92 Å². The number of rotatable bonds is 6. The molecule has 2 atom stereocenters. The summed E-state index contributed by atoms with van der Waals surface area (Å²) in [5.74, 6) is -2.86. The molecule has 10 heteroatoms. The first-order chi connectivity index (χ1) is 17.6. The van der Waals surface area contributed by atoms with Crippen molar-refractivity contribution in [2.45, 2.75) is 51.1 Å². The molecule has 0 saturated heterocycles. The van der Waals surface area contributed by atoms with Gasteiger partial charge in [0.05, 0.1) is 23.9 Å². The molecule has 2 heterocycles. The number of hydrogen-bond donors (Lipinski definition) is 1. The highest BCUT2D eigenvalue weighted by atomic mass is 19.4. The summed E-state index contributed by atoms with van der Waals surface area (Å²) < 4.78 is 45.8. The number of imidazole rings is 1. The van der Waals surface area contributed by atoms with E-state index in [-0.39, 0.29) is 38.5 Å². The highest BCUT2D eigenvalue weighted by molar-refractivity contribution is 5.82. The van der Waals surface area contributed by atoms with Crippen molar-refractivity contribution in [3.8, 4) is 5.69 Å². The molecule has 0 fully saturated rings. The predicted molar refractivity (Wildman–Crippen MR) is 131 cm³/mol. The summed E-state index contributed by atoms with van der Waals surface area (Å²) in [6.45, 7) is 3.88. The summed E-state index contributed by atoms with van der Waals surface area (Å²) in [6.07, 6.45) is 5.90. The van der Waals surface area contributed by atoms with Crippen LogP contribution in [0.25, 0.3) is 5.69 Å². The van der Waals surface area contributed by atoms with Crippen LogP contribution in [-0.2, 0) is 32.6 Å². The molecule has 1 aromatic heterocycles. The third kappa shape index (κ3) is 5.01. The van der Waals surface area contributed by atoms with Crippen LogP contribution in [0.1, 0.15) is 43.5 Å². The quantitative estimate of drug-likeness (QED) is 0.588. The fraction of sp³-hybridized carbons (Fsp3) is 0.444. The van der Waals surface area contributed by atoms with E-state index in [0.29, 0.717) is 17.8 Å². The van der Waals surface area contributed by atoms with Gasteiger partial charge in [-0.15, -0.1) is 0 Å². The van der Waals surface area contributed by atoms with Crippen LogP contribution in [0.15, 0.2) is 53.5 Å². The van der Waals surface area contributed by atoms with E-state index in [1.54, 1.807) is 43.5 Å².